The summed E-state index contributed by atoms with van der Waals surface area (Å²) in [6, 6.07) is 3.86. The van der Waals surface area contributed by atoms with Crippen LogP contribution in [0.3, 0.4) is 0 Å². The number of aromatic nitrogens is 1. The van der Waals surface area contributed by atoms with Crippen molar-refractivity contribution in [2.24, 2.45) is 5.92 Å². The molecule has 5 nitrogen and oxygen atoms in total. The summed E-state index contributed by atoms with van der Waals surface area (Å²) >= 11 is 1.54. The van der Waals surface area contributed by atoms with Gasteiger partial charge in [0.1, 0.15) is 11.5 Å². The van der Waals surface area contributed by atoms with Crippen molar-refractivity contribution in [2.75, 3.05) is 12.3 Å². The number of nitrogens with one attached hydrogen (secondary N) is 1. The number of amides is 1. The highest BCUT2D eigenvalue weighted by Gasteiger charge is 2.16. The third kappa shape index (κ3) is 5.58. The summed E-state index contributed by atoms with van der Waals surface area (Å²) in [7, 11) is -1.29. The van der Waals surface area contributed by atoms with E-state index < -0.39 is 10.8 Å². The quantitative estimate of drug-likeness (QED) is 0.790. The average Bonchev–Trinajstić information content (AvgIpc) is 3.08. The number of hydrogen-bond donors (Lipinski definition) is 1. The van der Waals surface area contributed by atoms with Gasteiger partial charge in [-0.15, -0.1) is 11.3 Å². The van der Waals surface area contributed by atoms with Gasteiger partial charge in [0.15, 0.2) is 0 Å². The van der Waals surface area contributed by atoms with E-state index in [0.29, 0.717) is 29.8 Å². The van der Waals surface area contributed by atoms with E-state index in [4.69, 9.17) is 4.42 Å². The van der Waals surface area contributed by atoms with Crippen LogP contribution in [0.1, 0.15) is 31.7 Å². The van der Waals surface area contributed by atoms with Crippen LogP contribution in [0.5, 0.6) is 0 Å². The van der Waals surface area contributed by atoms with E-state index in [1.807, 2.05) is 17.5 Å². The molecule has 0 unspecified atom stereocenters. The molecular formula is C16H22N2O3S2. The van der Waals surface area contributed by atoms with Gasteiger partial charge in [-0.3, -0.25) is 9.00 Å². The number of rotatable bonds is 8. The lowest BCUT2D eigenvalue weighted by Crippen LogP contribution is -2.30. The fraction of sp³-hybridized carbons (Fsp3) is 0.500. The van der Waals surface area contributed by atoms with Gasteiger partial charge in [-0.2, -0.15) is 0 Å². The Morgan fingerprint density at radius 1 is 1.48 bits per heavy atom. The Labute approximate surface area is 143 Å². The lowest BCUT2D eigenvalue weighted by atomic mass is 10.1. The highest BCUT2D eigenvalue weighted by Crippen LogP contribution is 2.26. The van der Waals surface area contributed by atoms with Crippen LogP contribution < -0.4 is 5.32 Å². The van der Waals surface area contributed by atoms with Crippen molar-refractivity contribution in [3.8, 4) is 10.8 Å². The van der Waals surface area contributed by atoms with Crippen LogP contribution in [0.2, 0.25) is 0 Å². The molecule has 1 amide bonds. The molecule has 126 valence electrons. The molecule has 0 bridgehead atoms. The maximum Gasteiger partial charge on any atom is 0.236 e. The van der Waals surface area contributed by atoms with Crippen molar-refractivity contribution in [1.29, 1.82) is 0 Å². The van der Waals surface area contributed by atoms with Crippen molar-refractivity contribution in [1.82, 2.24) is 10.3 Å². The zero-order valence-corrected chi connectivity index (χ0v) is 15.3. The largest absolute Gasteiger partial charge is 0.440 e. The van der Waals surface area contributed by atoms with Gasteiger partial charge in [0.25, 0.3) is 0 Å². The Hall–Kier alpha value is -1.47. The molecule has 0 radical (unpaired) electrons. The minimum absolute atomic E-state index is 0.00126. The number of hydrogen-bond acceptors (Lipinski definition) is 5. The van der Waals surface area contributed by atoms with E-state index in [0.717, 1.165) is 11.3 Å². The zero-order valence-electron chi connectivity index (χ0n) is 13.6. The maximum absolute atomic E-state index is 12.1. The molecule has 0 saturated heterocycles. The molecule has 23 heavy (non-hydrogen) atoms. The summed E-state index contributed by atoms with van der Waals surface area (Å²) in [5.41, 5.74) is 0.654. The van der Waals surface area contributed by atoms with Crippen molar-refractivity contribution < 1.29 is 13.4 Å². The van der Waals surface area contributed by atoms with Gasteiger partial charge in [0.05, 0.1) is 16.3 Å². The first-order valence-electron chi connectivity index (χ1n) is 7.57. The number of oxazole rings is 1. The smallest absolute Gasteiger partial charge is 0.236 e. The molecule has 0 aliphatic heterocycles. The van der Waals surface area contributed by atoms with Gasteiger partial charge < -0.3 is 9.73 Å². The normalized spacial score (nSPS) is 12.5. The van der Waals surface area contributed by atoms with Crippen LogP contribution in [0.15, 0.2) is 21.9 Å². The third-order valence-corrected chi connectivity index (χ3v) is 5.30. The monoisotopic (exact) mass is 354 g/mol. The molecule has 7 heteroatoms. The van der Waals surface area contributed by atoms with Crippen molar-refractivity contribution >= 4 is 28.0 Å². The van der Waals surface area contributed by atoms with Crippen molar-refractivity contribution in [2.45, 2.75) is 32.9 Å². The summed E-state index contributed by atoms with van der Waals surface area (Å²) in [4.78, 5) is 17.1. The van der Waals surface area contributed by atoms with Crippen LogP contribution in [-0.2, 0) is 21.3 Å². The van der Waals surface area contributed by atoms with Crippen LogP contribution in [0.25, 0.3) is 10.8 Å². The van der Waals surface area contributed by atoms with Gasteiger partial charge >= 0.3 is 0 Å². The van der Waals surface area contributed by atoms with Gasteiger partial charge in [-0.1, -0.05) is 19.9 Å². The van der Waals surface area contributed by atoms with Crippen molar-refractivity contribution in [3.63, 3.8) is 0 Å². The minimum atomic E-state index is -1.29. The molecule has 2 aromatic rings. The topological polar surface area (TPSA) is 72.2 Å². The molecule has 0 saturated carbocycles. The molecule has 0 fully saturated rings. The van der Waals surface area contributed by atoms with E-state index in [9.17, 15) is 9.00 Å². The predicted octanol–water partition coefficient (Wildman–Crippen LogP) is 3.12. The summed E-state index contributed by atoms with van der Waals surface area (Å²) in [5.74, 6) is 1.79. The number of carbonyl (C=O) groups excluding carboxylic acids is 1. The molecule has 1 atom stereocenters. The van der Waals surface area contributed by atoms with Crippen molar-refractivity contribution in [3.05, 3.63) is 29.0 Å². The summed E-state index contributed by atoms with van der Waals surface area (Å²) in [6.07, 6.45) is 0.922. The first-order valence-corrected chi connectivity index (χ1v) is 9.94. The van der Waals surface area contributed by atoms with Crippen LogP contribution in [0, 0.1) is 12.8 Å². The van der Waals surface area contributed by atoms with Gasteiger partial charge in [-0.25, -0.2) is 4.98 Å². The molecule has 0 aliphatic rings. The highest BCUT2D eigenvalue weighted by molar-refractivity contribution is 7.84. The fourth-order valence-corrected chi connectivity index (χ4v) is 3.69. The third-order valence-electron chi connectivity index (χ3n) is 3.26. The molecule has 1 N–H and O–H groups in total. The molecule has 0 aromatic carbocycles. The Morgan fingerprint density at radius 3 is 2.91 bits per heavy atom. The average molecular weight is 354 g/mol. The predicted molar refractivity (Wildman–Crippen MR) is 93.7 cm³/mol. The summed E-state index contributed by atoms with van der Waals surface area (Å²) in [5, 5.41) is 4.75. The van der Waals surface area contributed by atoms with Crippen LogP contribution in [0.4, 0.5) is 0 Å². The fourth-order valence-electron chi connectivity index (χ4n) is 1.97. The van der Waals surface area contributed by atoms with Gasteiger partial charge in [0.2, 0.25) is 11.8 Å². The van der Waals surface area contributed by atoms with Gasteiger partial charge in [-0.05, 0) is 30.7 Å². The molecule has 2 aromatic heterocycles. The number of carbonyl (C=O) groups is 1. The standard InChI is InChI=1S/C16H22N2O3S2/c1-11(2)6-7-17-15(19)10-23(20)9-13-12(3)21-16(18-13)14-5-4-8-22-14/h4-5,8,11H,6-7,9-10H2,1-3H3,(H,17,19)/t23-/m0/s1. The molecule has 2 heterocycles. The van der Waals surface area contributed by atoms with E-state index in [2.05, 4.69) is 24.1 Å². The molecule has 0 spiro atoms. The summed E-state index contributed by atoms with van der Waals surface area (Å²) < 4.78 is 17.8. The summed E-state index contributed by atoms with van der Waals surface area (Å²) in [6.45, 7) is 6.63. The number of thiophene rings is 1. The van der Waals surface area contributed by atoms with Crippen LogP contribution in [-0.4, -0.2) is 27.4 Å². The first-order chi connectivity index (χ1) is 11.0. The van der Waals surface area contributed by atoms with E-state index in [1.165, 1.54) is 0 Å². The Morgan fingerprint density at radius 2 is 2.26 bits per heavy atom. The van der Waals surface area contributed by atoms with E-state index in [1.54, 1.807) is 18.3 Å². The first kappa shape index (κ1) is 17.9. The second-order valence-electron chi connectivity index (χ2n) is 5.76. The maximum atomic E-state index is 12.1. The number of aryl methyl sites for hydroxylation is 1. The van der Waals surface area contributed by atoms with E-state index in [-0.39, 0.29) is 17.4 Å². The van der Waals surface area contributed by atoms with E-state index >= 15 is 0 Å². The SMILES string of the molecule is Cc1oc(-c2cccs2)nc1C[S@](=O)CC(=O)NCCC(C)C. The second-order valence-corrected chi connectivity index (χ2v) is 8.16. The number of nitrogens with zero attached hydrogens (tertiary/aromatic N) is 1. The second kappa shape index (κ2) is 8.40. The Kier molecular flexibility index (Phi) is 6.53. The minimum Gasteiger partial charge on any atom is -0.440 e. The van der Waals surface area contributed by atoms with Gasteiger partial charge in [0, 0.05) is 17.3 Å². The molecular weight excluding hydrogens is 332 g/mol. The lowest BCUT2D eigenvalue weighted by Gasteiger charge is -2.06. The zero-order chi connectivity index (χ0) is 16.8. The highest BCUT2D eigenvalue weighted by atomic mass is 32.2. The molecule has 2 rings (SSSR count). The van der Waals surface area contributed by atoms with Crippen LogP contribution >= 0.6 is 11.3 Å². The Bertz CT molecular complexity index is 663. The Balaban J connectivity index is 1.87. The molecule has 0 aliphatic carbocycles. The lowest BCUT2D eigenvalue weighted by molar-refractivity contribution is -0.118.